The van der Waals surface area contributed by atoms with Crippen molar-refractivity contribution in [3.8, 4) is 0 Å². The van der Waals surface area contributed by atoms with E-state index >= 15 is 0 Å². The summed E-state index contributed by atoms with van der Waals surface area (Å²) in [4.78, 5) is 55.1. The van der Waals surface area contributed by atoms with Crippen molar-refractivity contribution in [3.63, 3.8) is 0 Å². The summed E-state index contributed by atoms with van der Waals surface area (Å²) in [7, 11) is 0. The molecule has 0 heterocycles. The van der Waals surface area contributed by atoms with E-state index in [1.807, 2.05) is 51.1 Å². The number of hydrogen-bond acceptors (Lipinski definition) is 6. The number of hydrogen-bond donors (Lipinski definition) is 7. The van der Waals surface area contributed by atoms with Gasteiger partial charge in [0.2, 0.25) is 17.7 Å². The van der Waals surface area contributed by atoms with Crippen LogP contribution in [0.25, 0.3) is 0 Å². The lowest BCUT2D eigenvalue weighted by atomic mass is 9.96. The predicted molar refractivity (Wildman–Crippen MR) is 150 cm³/mol. The van der Waals surface area contributed by atoms with Gasteiger partial charge in [-0.05, 0) is 36.7 Å². The molecule has 5 unspecified atom stereocenters. The van der Waals surface area contributed by atoms with Crippen molar-refractivity contribution in [3.05, 3.63) is 35.9 Å². The first-order valence-corrected chi connectivity index (χ1v) is 13.3. The molecule has 12 heteroatoms. The van der Waals surface area contributed by atoms with Crippen LogP contribution in [-0.4, -0.2) is 65.5 Å². The lowest BCUT2D eigenvalue weighted by Gasteiger charge is -2.28. The molecule has 218 valence electrons. The molecule has 12 nitrogen and oxygen atoms in total. The summed E-state index contributed by atoms with van der Waals surface area (Å²) in [6.07, 6.45) is 1.73. The molecule has 0 aliphatic rings. The van der Waals surface area contributed by atoms with E-state index in [4.69, 9.17) is 17.2 Å². The van der Waals surface area contributed by atoms with Gasteiger partial charge in [-0.3, -0.25) is 19.4 Å². The number of carboxylic acid groups (broad SMARTS) is 1. The summed E-state index contributed by atoms with van der Waals surface area (Å²) >= 11 is 0. The molecule has 0 spiro atoms. The Morgan fingerprint density at radius 2 is 1.54 bits per heavy atom. The normalized spacial score (nSPS) is 14.8. The predicted octanol–water partition coefficient (Wildman–Crippen LogP) is 0.241. The fourth-order valence-corrected chi connectivity index (χ4v) is 3.90. The highest BCUT2D eigenvalue weighted by molar-refractivity contribution is 5.94. The molecule has 3 amide bonds. The van der Waals surface area contributed by atoms with Crippen molar-refractivity contribution >= 4 is 29.7 Å². The second-order valence-electron chi connectivity index (χ2n) is 10.2. The van der Waals surface area contributed by atoms with E-state index in [0.717, 1.165) is 5.56 Å². The fourth-order valence-electron chi connectivity index (χ4n) is 3.90. The number of benzene rings is 1. The van der Waals surface area contributed by atoms with Crippen molar-refractivity contribution in [2.24, 2.45) is 34.0 Å². The zero-order valence-corrected chi connectivity index (χ0v) is 23.4. The Morgan fingerprint density at radius 3 is 2.08 bits per heavy atom. The Hall–Kier alpha value is -3.67. The van der Waals surface area contributed by atoms with E-state index in [0.29, 0.717) is 25.8 Å². The van der Waals surface area contributed by atoms with Crippen LogP contribution in [-0.2, 0) is 25.6 Å². The van der Waals surface area contributed by atoms with Gasteiger partial charge in [0, 0.05) is 13.0 Å². The number of nitrogens with one attached hydrogen (secondary N) is 3. The maximum Gasteiger partial charge on any atom is 0.326 e. The molecular formula is C27H45N7O5. The van der Waals surface area contributed by atoms with Crippen LogP contribution in [0.15, 0.2) is 35.3 Å². The smallest absolute Gasteiger partial charge is 0.326 e. The fraction of sp³-hybridized carbons (Fsp3) is 0.593. The molecule has 5 atom stereocenters. The van der Waals surface area contributed by atoms with Crippen molar-refractivity contribution in [2.45, 2.75) is 84.0 Å². The van der Waals surface area contributed by atoms with Crippen LogP contribution >= 0.6 is 0 Å². The molecule has 10 N–H and O–H groups in total. The zero-order valence-electron chi connectivity index (χ0n) is 23.4. The molecule has 0 bridgehead atoms. The quantitative estimate of drug-likeness (QED) is 0.0812. The minimum absolute atomic E-state index is 0.0391. The molecule has 0 saturated carbocycles. The number of aliphatic carboxylic acids is 1. The molecule has 0 fully saturated rings. The molecule has 0 radical (unpaired) electrons. The number of rotatable bonds is 17. The Kier molecular flexibility index (Phi) is 14.6. The number of guanidine groups is 1. The summed E-state index contributed by atoms with van der Waals surface area (Å²) in [6.45, 7) is 7.69. The second kappa shape index (κ2) is 17.0. The number of nitrogens with zero attached hydrogens (tertiary/aromatic N) is 1. The van der Waals surface area contributed by atoms with Crippen LogP contribution in [0.2, 0.25) is 0 Å². The molecule has 39 heavy (non-hydrogen) atoms. The number of nitrogens with two attached hydrogens (primary N) is 3. The van der Waals surface area contributed by atoms with Crippen molar-refractivity contribution in [1.82, 2.24) is 16.0 Å². The molecule has 0 aromatic heterocycles. The monoisotopic (exact) mass is 547 g/mol. The van der Waals surface area contributed by atoms with E-state index in [9.17, 15) is 24.3 Å². The van der Waals surface area contributed by atoms with Gasteiger partial charge in [-0.25, -0.2) is 4.79 Å². The zero-order chi connectivity index (χ0) is 29.5. The lowest BCUT2D eigenvalue weighted by molar-refractivity contribution is -0.143. The molecule has 0 saturated heterocycles. The van der Waals surface area contributed by atoms with Crippen LogP contribution in [0, 0.1) is 11.8 Å². The Labute approximate surface area is 230 Å². The minimum Gasteiger partial charge on any atom is -0.480 e. The van der Waals surface area contributed by atoms with Gasteiger partial charge >= 0.3 is 5.97 Å². The Bertz CT molecular complexity index is 967. The lowest BCUT2D eigenvalue weighted by Crippen LogP contribution is -2.59. The summed E-state index contributed by atoms with van der Waals surface area (Å²) in [5.74, 6) is -3.14. The molecule has 0 aliphatic heterocycles. The number of carbonyl (C=O) groups excluding carboxylic acids is 3. The highest BCUT2D eigenvalue weighted by Crippen LogP contribution is 2.12. The van der Waals surface area contributed by atoms with Crippen LogP contribution in [0.1, 0.15) is 58.9 Å². The molecule has 1 aromatic carbocycles. The molecular weight excluding hydrogens is 502 g/mol. The number of amides is 3. The van der Waals surface area contributed by atoms with Crippen LogP contribution in [0.3, 0.4) is 0 Å². The van der Waals surface area contributed by atoms with E-state index in [2.05, 4.69) is 20.9 Å². The molecule has 1 rings (SSSR count). The third-order valence-corrected chi connectivity index (χ3v) is 6.33. The first-order chi connectivity index (χ1) is 18.3. The van der Waals surface area contributed by atoms with Crippen LogP contribution in [0.5, 0.6) is 0 Å². The van der Waals surface area contributed by atoms with Crippen molar-refractivity contribution in [1.29, 1.82) is 0 Å². The van der Waals surface area contributed by atoms with E-state index in [1.54, 1.807) is 6.92 Å². The Balaban J connectivity index is 3.07. The SMILES string of the molecule is CCC(C)C(NC(=O)C(Cc1ccccc1)NC(=O)C(N)CCCN=C(N)N)C(=O)NC(CC(C)C)C(=O)O. The number of carbonyl (C=O) groups is 4. The van der Waals surface area contributed by atoms with Gasteiger partial charge in [0.15, 0.2) is 5.96 Å². The van der Waals surface area contributed by atoms with E-state index in [1.165, 1.54) is 0 Å². The van der Waals surface area contributed by atoms with Gasteiger partial charge in [0.25, 0.3) is 0 Å². The van der Waals surface area contributed by atoms with Crippen LogP contribution in [0.4, 0.5) is 0 Å². The van der Waals surface area contributed by atoms with E-state index < -0.39 is 47.9 Å². The van der Waals surface area contributed by atoms with Gasteiger partial charge in [0.05, 0.1) is 6.04 Å². The number of aliphatic imine (C=N–C) groups is 1. The molecule has 0 aliphatic carbocycles. The van der Waals surface area contributed by atoms with Crippen LogP contribution < -0.4 is 33.2 Å². The average molecular weight is 548 g/mol. The largest absolute Gasteiger partial charge is 0.480 e. The van der Waals surface area contributed by atoms with Crippen molar-refractivity contribution < 1.29 is 24.3 Å². The first kappa shape index (κ1) is 33.4. The third-order valence-electron chi connectivity index (χ3n) is 6.33. The van der Waals surface area contributed by atoms with Gasteiger partial charge in [0.1, 0.15) is 18.1 Å². The molecule has 1 aromatic rings. The minimum atomic E-state index is -1.14. The maximum atomic E-state index is 13.5. The van der Waals surface area contributed by atoms with Gasteiger partial charge in [-0.2, -0.15) is 0 Å². The summed E-state index contributed by atoms with van der Waals surface area (Å²) in [5.41, 5.74) is 17.5. The van der Waals surface area contributed by atoms with Gasteiger partial charge in [-0.15, -0.1) is 0 Å². The Morgan fingerprint density at radius 1 is 0.923 bits per heavy atom. The highest BCUT2D eigenvalue weighted by Gasteiger charge is 2.33. The van der Waals surface area contributed by atoms with Gasteiger partial charge < -0.3 is 38.3 Å². The third kappa shape index (κ3) is 12.6. The number of carboxylic acids is 1. The second-order valence-corrected chi connectivity index (χ2v) is 10.2. The maximum absolute atomic E-state index is 13.5. The summed E-state index contributed by atoms with van der Waals surface area (Å²) < 4.78 is 0. The summed E-state index contributed by atoms with van der Waals surface area (Å²) in [6, 6.07) is 5.12. The van der Waals surface area contributed by atoms with Gasteiger partial charge in [-0.1, -0.05) is 64.4 Å². The standard InChI is InChI=1S/C27H45N7O5/c1-5-17(4)22(25(37)33-21(26(38)39)14-16(2)3)34-24(36)20(15-18-10-7-6-8-11-18)32-23(35)19(28)12-9-13-31-27(29)30/h6-8,10-11,16-17,19-22H,5,9,12-15,28H2,1-4H3,(H,32,35)(H,33,37)(H,34,36)(H,38,39)(H4,29,30,31). The average Bonchev–Trinajstić information content (AvgIpc) is 2.88. The van der Waals surface area contributed by atoms with E-state index in [-0.39, 0.29) is 30.6 Å². The highest BCUT2D eigenvalue weighted by atomic mass is 16.4. The topological polar surface area (TPSA) is 215 Å². The van der Waals surface area contributed by atoms with Crippen molar-refractivity contribution in [2.75, 3.05) is 6.54 Å². The first-order valence-electron chi connectivity index (χ1n) is 13.3. The summed E-state index contributed by atoms with van der Waals surface area (Å²) in [5, 5.41) is 17.6.